The summed E-state index contributed by atoms with van der Waals surface area (Å²) in [5.74, 6) is 0.544. The van der Waals surface area contributed by atoms with Crippen LogP contribution in [-0.2, 0) is 6.54 Å². The Bertz CT molecular complexity index is 714. The highest BCUT2D eigenvalue weighted by Crippen LogP contribution is 2.18. The Morgan fingerprint density at radius 2 is 1.96 bits per heavy atom. The average Bonchev–Trinajstić information content (AvgIpc) is 2.67. The van der Waals surface area contributed by atoms with E-state index in [0.717, 1.165) is 37.4 Å². The summed E-state index contributed by atoms with van der Waals surface area (Å²) in [5, 5.41) is 3.14. The molecule has 0 saturated carbocycles. The summed E-state index contributed by atoms with van der Waals surface area (Å²) >= 11 is 0. The fourth-order valence-electron chi connectivity index (χ4n) is 3.57. The van der Waals surface area contributed by atoms with Gasteiger partial charge >= 0.3 is 0 Å². The lowest BCUT2D eigenvalue weighted by Crippen LogP contribution is -2.40. The molecule has 1 atom stereocenters. The van der Waals surface area contributed by atoms with Gasteiger partial charge in [-0.15, -0.1) is 0 Å². The molecule has 0 spiro atoms. The van der Waals surface area contributed by atoms with E-state index in [0.29, 0.717) is 5.92 Å². The molecule has 2 aromatic carbocycles. The van der Waals surface area contributed by atoms with E-state index < -0.39 is 0 Å². The second-order valence-corrected chi connectivity index (χ2v) is 7.38. The van der Waals surface area contributed by atoms with Gasteiger partial charge in [0.2, 0.25) is 0 Å². The van der Waals surface area contributed by atoms with Crippen LogP contribution >= 0.6 is 0 Å². The molecule has 4 nitrogen and oxygen atoms in total. The van der Waals surface area contributed by atoms with Crippen LogP contribution in [0.3, 0.4) is 0 Å². The van der Waals surface area contributed by atoms with Gasteiger partial charge in [0.1, 0.15) is 0 Å². The topological polar surface area (TPSA) is 35.6 Å². The molecule has 1 aliphatic heterocycles. The molecule has 1 amide bonds. The van der Waals surface area contributed by atoms with Gasteiger partial charge in [0.05, 0.1) is 0 Å². The van der Waals surface area contributed by atoms with Gasteiger partial charge in [0, 0.05) is 45.0 Å². The lowest BCUT2D eigenvalue weighted by molar-refractivity contribution is 0.0930. The summed E-state index contributed by atoms with van der Waals surface area (Å²) in [5.41, 5.74) is 3.13. The Kier molecular flexibility index (Phi) is 6.29. The smallest absolute Gasteiger partial charge is 0.251 e. The Morgan fingerprint density at radius 3 is 2.73 bits per heavy atom. The first-order valence-electron chi connectivity index (χ1n) is 9.43. The Balaban J connectivity index is 1.51. The van der Waals surface area contributed by atoms with Crippen LogP contribution < -0.4 is 10.2 Å². The number of nitrogens with zero attached hydrogens (tertiary/aromatic N) is 2. The molecule has 0 bridgehead atoms. The zero-order valence-electron chi connectivity index (χ0n) is 15.8. The van der Waals surface area contributed by atoms with Crippen molar-refractivity contribution in [3.63, 3.8) is 0 Å². The summed E-state index contributed by atoms with van der Waals surface area (Å²) < 4.78 is 0. The SMILES string of the molecule is CN(C)c1cccc(C(=O)NCC2CCCN(Cc3ccccc3)C2)c1. The first-order valence-corrected chi connectivity index (χ1v) is 9.43. The number of piperidine rings is 1. The molecule has 1 heterocycles. The second-order valence-electron chi connectivity index (χ2n) is 7.38. The minimum absolute atomic E-state index is 0.0221. The van der Waals surface area contributed by atoms with Crippen molar-refractivity contribution < 1.29 is 4.79 Å². The number of nitrogens with one attached hydrogen (secondary N) is 1. The summed E-state index contributed by atoms with van der Waals surface area (Å²) in [7, 11) is 3.97. The van der Waals surface area contributed by atoms with Crippen molar-refractivity contribution >= 4 is 11.6 Å². The molecule has 1 unspecified atom stereocenters. The normalized spacial score (nSPS) is 17.7. The molecule has 4 heteroatoms. The van der Waals surface area contributed by atoms with Gasteiger partial charge < -0.3 is 10.2 Å². The highest BCUT2D eigenvalue weighted by Gasteiger charge is 2.20. The Labute approximate surface area is 156 Å². The zero-order valence-corrected chi connectivity index (χ0v) is 15.8. The van der Waals surface area contributed by atoms with Crippen LogP contribution in [0.1, 0.15) is 28.8 Å². The van der Waals surface area contributed by atoms with Crippen molar-refractivity contribution in [2.75, 3.05) is 38.6 Å². The molecule has 3 rings (SSSR count). The van der Waals surface area contributed by atoms with Crippen molar-refractivity contribution in [1.29, 1.82) is 0 Å². The number of anilines is 1. The molecular weight excluding hydrogens is 322 g/mol. The predicted molar refractivity (Wildman–Crippen MR) is 108 cm³/mol. The predicted octanol–water partition coefficient (Wildman–Crippen LogP) is 3.39. The van der Waals surface area contributed by atoms with Crippen LogP contribution in [-0.4, -0.2) is 44.5 Å². The molecule has 1 fully saturated rings. The number of likely N-dealkylation sites (tertiary alicyclic amines) is 1. The van der Waals surface area contributed by atoms with E-state index in [4.69, 9.17) is 0 Å². The number of amides is 1. The summed E-state index contributed by atoms with van der Waals surface area (Å²) in [4.78, 5) is 17.0. The lowest BCUT2D eigenvalue weighted by Gasteiger charge is -2.32. The quantitative estimate of drug-likeness (QED) is 0.866. The fourth-order valence-corrected chi connectivity index (χ4v) is 3.57. The second kappa shape index (κ2) is 8.86. The van der Waals surface area contributed by atoms with Crippen LogP contribution in [0.25, 0.3) is 0 Å². The fraction of sp³-hybridized carbons (Fsp3) is 0.409. The van der Waals surface area contributed by atoms with E-state index in [2.05, 4.69) is 40.5 Å². The molecule has 26 heavy (non-hydrogen) atoms. The van der Waals surface area contributed by atoms with Gasteiger partial charge in [0.25, 0.3) is 5.91 Å². The molecule has 1 aliphatic rings. The number of hydrogen-bond acceptors (Lipinski definition) is 3. The molecular formula is C22H29N3O. The number of carbonyl (C=O) groups excluding carboxylic acids is 1. The van der Waals surface area contributed by atoms with Crippen LogP contribution in [0.2, 0.25) is 0 Å². The van der Waals surface area contributed by atoms with E-state index in [9.17, 15) is 4.79 Å². The van der Waals surface area contributed by atoms with E-state index in [1.165, 1.54) is 18.4 Å². The van der Waals surface area contributed by atoms with Gasteiger partial charge in [-0.1, -0.05) is 36.4 Å². The van der Waals surface area contributed by atoms with Crippen LogP contribution in [0.5, 0.6) is 0 Å². The maximum absolute atomic E-state index is 12.5. The first kappa shape index (κ1) is 18.5. The van der Waals surface area contributed by atoms with Crippen molar-refractivity contribution in [2.24, 2.45) is 5.92 Å². The van der Waals surface area contributed by atoms with E-state index in [-0.39, 0.29) is 5.91 Å². The highest BCUT2D eigenvalue weighted by atomic mass is 16.1. The number of rotatable bonds is 6. The summed E-state index contributed by atoms with van der Waals surface area (Å²) in [6.07, 6.45) is 2.38. The van der Waals surface area contributed by atoms with Crippen molar-refractivity contribution in [3.05, 3.63) is 65.7 Å². The Morgan fingerprint density at radius 1 is 1.15 bits per heavy atom. The molecule has 138 valence electrons. The van der Waals surface area contributed by atoms with Gasteiger partial charge in [-0.3, -0.25) is 9.69 Å². The third-order valence-corrected chi connectivity index (χ3v) is 5.03. The van der Waals surface area contributed by atoms with E-state index in [1.807, 2.05) is 43.3 Å². The maximum atomic E-state index is 12.5. The van der Waals surface area contributed by atoms with Gasteiger partial charge in [-0.25, -0.2) is 0 Å². The number of carbonyl (C=O) groups is 1. The third-order valence-electron chi connectivity index (χ3n) is 5.03. The third kappa shape index (κ3) is 5.09. The van der Waals surface area contributed by atoms with Crippen LogP contribution in [0.4, 0.5) is 5.69 Å². The van der Waals surface area contributed by atoms with Crippen molar-refractivity contribution in [3.8, 4) is 0 Å². The first-order chi connectivity index (χ1) is 12.6. The molecule has 1 N–H and O–H groups in total. The van der Waals surface area contributed by atoms with Gasteiger partial charge in [-0.2, -0.15) is 0 Å². The minimum Gasteiger partial charge on any atom is -0.378 e. The summed E-state index contributed by atoms with van der Waals surface area (Å²) in [6.45, 7) is 3.93. The van der Waals surface area contributed by atoms with E-state index >= 15 is 0 Å². The lowest BCUT2D eigenvalue weighted by atomic mass is 9.97. The average molecular weight is 351 g/mol. The van der Waals surface area contributed by atoms with Crippen molar-refractivity contribution in [1.82, 2.24) is 10.2 Å². The molecule has 0 radical (unpaired) electrons. The van der Waals surface area contributed by atoms with Crippen LogP contribution in [0, 0.1) is 5.92 Å². The van der Waals surface area contributed by atoms with Gasteiger partial charge in [-0.05, 0) is 49.1 Å². The largest absolute Gasteiger partial charge is 0.378 e. The maximum Gasteiger partial charge on any atom is 0.251 e. The standard InChI is InChI=1S/C22H29N3O/c1-24(2)21-12-6-11-20(14-21)22(26)23-15-19-10-7-13-25(17-19)16-18-8-4-3-5-9-18/h3-6,8-9,11-12,14,19H,7,10,13,15-17H2,1-2H3,(H,23,26). The highest BCUT2D eigenvalue weighted by molar-refractivity contribution is 5.95. The van der Waals surface area contributed by atoms with E-state index in [1.54, 1.807) is 0 Å². The number of hydrogen-bond donors (Lipinski definition) is 1. The molecule has 2 aromatic rings. The summed E-state index contributed by atoms with van der Waals surface area (Å²) in [6, 6.07) is 18.4. The molecule has 0 aromatic heterocycles. The molecule has 0 aliphatic carbocycles. The van der Waals surface area contributed by atoms with Gasteiger partial charge in [0.15, 0.2) is 0 Å². The monoisotopic (exact) mass is 351 g/mol. The van der Waals surface area contributed by atoms with Crippen LogP contribution in [0.15, 0.2) is 54.6 Å². The Hall–Kier alpha value is -2.33. The van der Waals surface area contributed by atoms with Crippen molar-refractivity contribution in [2.45, 2.75) is 19.4 Å². The minimum atomic E-state index is 0.0221. The zero-order chi connectivity index (χ0) is 18.4. The number of benzene rings is 2. The molecule has 1 saturated heterocycles.